The largest absolute Gasteiger partial charge is 0.497 e. The number of nitrogens with zero attached hydrogens (tertiary/aromatic N) is 3. The van der Waals surface area contributed by atoms with Crippen LogP contribution in [0.4, 0.5) is 0 Å². The van der Waals surface area contributed by atoms with Crippen molar-refractivity contribution in [2.75, 3.05) is 7.11 Å². The Balaban J connectivity index is 1.92. The van der Waals surface area contributed by atoms with Crippen LogP contribution in [0.1, 0.15) is 22.7 Å². The molecule has 0 radical (unpaired) electrons. The Kier molecular flexibility index (Phi) is 4.05. The lowest BCUT2D eigenvalue weighted by atomic mass is 9.84. The third-order valence-electron chi connectivity index (χ3n) is 4.63. The summed E-state index contributed by atoms with van der Waals surface area (Å²) in [6.45, 7) is 1.87. The average molecular weight is 359 g/mol. The summed E-state index contributed by atoms with van der Waals surface area (Å²) in [5.41, 5.74) is 3.30. The van der Waals surface area contributed by atoms with Gasteiger partial charge in [0.05, 0.1) is 30.0 Å². The van der Waals surface area contributed by atoms with E-state index in [4.69, 9.17) is 9.47 Å². The van der Waals surface area contributed by atoms with E-state index < -0.39 is 11.9 Å². The van der Waals surface area contributed by atoms with Gasteiger partial charge in [-0.15, -0.1) is 0 Å². The molecule has 2 aromatic carbocycles. The number of nitriles is 1. The number of allylic oxidation sites excluding steroid dienone is 1. The highest BCUT2D eigenvalue weighted by Gasteiger charge is 2.37. The van der Waals surface area contributed by atoms with Crippen molar-refractivity contribution >= 4 is 0 Å². The van der Waals surface area contributed by atoms with Gasteiger partial charge in [-0.2, -0.15) is 10.4 Å². The Labute approximate surface area is 156 Å². The maximum atomic E-state index is 10.4. The Hall–Kier alpha value is -3.72. The van der Waals surface area contributed by atoms with Gasteiger partial charge in [0.1, 0.15) is 17.4 Å². The van der Waals surface area contributed by atoms with Gasteiger partial charge in [0.2, 0.25) is 5.88 Å². The first kappa shape index (κ1) is 16.7. The molecular formula is C21H17N3O3. The summed E-state index contributed by atoms with van der Waals surface area (Å²) in [5.74, 6) is 0.260. The van der Waals surface area contributed by atoms with Crippen molar-refractivity contribution in [1.29, 1.82) is 5.26 Å². The molecule has 134 valence electrons. The topological polar surface area (TPSA) is 80.3 Å². The molecule has 0 fully saturated rings. The van der Waals surface area contributed by atoms with Crippen LogP contribution in [0.2, 0.25) is 0 Å². The van der Waals surface area contributed by atoms with Crippen LogP contribution in [0, 0.1) is 18.3 Å². The lowest BCUT2D eigenvalue weighted by Gasteiger charge is -2.24. The zero-order valence-corrected chi connectivity index (χ0v) is 14.9. The van der Waals surface area contributed by atoms with Gasteiger partial charge in [0, 0.05) is 0 Å². The lowest BCUT2D eigenvalue weighted by Crippen LogP contribution is -2.17. The Morgan fingerprint density at radius 3 is 2.48 bits per heavy atom. The lowest BCUT2D eigenvalue weighted by molar-refractivity contribution is 0.185. The molecule has 0 spiro atoms. The molecule has 27 heavy (non-hydrogen) atoms. The fourth-order valence-corrected chi connectivity index (χ4v) is 3.35. The summed E-state index contributed by atoms with van der Waals surface area (Å²) in [6.07, 6.45) is 0. The van der Waals surface area contributed by atoms with Gasteiger partial charge in [-0.05, 0) is 36.8 Å². The van der Waals surface area contributed by atoms with E-state index in [9.17, 15) is 10.4 Å². The van der Waals surface area contributed by atoms with Crippen molar-refractivity contribution in [3.8, 4) is 23.4 Å². The minimum atomic E-state index is -0.470. The predicted octanol–water partition coefficient (Wildman–Crippen LogP) is 4.01. The maximum absolute atomic E-state index is 10.4. The standard InChI is InChI=1S/C21H17N3O3/c1-13-18-19(14-8-10-16(26-2)11-9-14)17(12-22)21(25)27-20(18)24(23-13)15-6-4-3-5-7-15/h3-11,19,25H,1-2H3/t19-/m1/s1. The zero-order valence-electron chi connectivity index (χ0n) is 14.9. The number of methoxy groups -OCH3 is 1. The Morgan fingerprint density at radius 1 is 1.15 bits per heavy atom. The number of aromatic nitrogens is 2. The van der Waals surface area contributed by atoms with Gasteiger partial charge in [0.15, 0.2) is 0 Å². The first-order chi connectivity index (χ1) is 13.1. The Morgan fingerprint density at radius 2 is 1.85 bits per heavy atom. The molecule has 4 rings (SSSR count). The van der Waals surface area contributed by atoms with Gasteiger partial charge in [-0.25, -0.2) is 4.68 Å². The second-order valence-electron chi connectivity index (χ2n) is 6.19. The molecule has 1 aromatic heterocycles. The predicted molar refractivity (Wildman–Crippen MR) is 99.0 cm³/mol. The van der Waals surface area contributed by atoms with E-state index >= 15 is 0 Å². The number of aliphatic hydroxyl groups excluding tert-OH is 1. The zero-order chi connectivity index (χ0) is 19.0. The van der Waals surface area contributed by atoms with Crippen molar-refractivity contribution in [1.82, 2.24) is 9.78 Å². The van der Waals surface area contributed by atoms with Crippen LogP contribution in [0.5, 0.6) is 11.6 Å². The highest BCUT2D eigenvalue weighted by atomic mass is 16.6. The Bertz CT molecular complexity index is 1060. The van der Waals surface area contributed by atoms with Crippen molar-refractivity contribution in [2.45, 2.75) is 12.8 Å². The number of hydrogen-bond donors (Lipinski definition) is 1. The third-order valence-corrected chi connectivity index (χ3v) is 4.63. The number of para-hydroxylation sites is 1. The van der Waals surface area contributed by atoms with Crippen LogP contribution in [0.25, 0.3) is 5.69 Å². The number of ether oxygens (including phenoxy) is 2. The van der Waals surface area contributed by atoms with Crippen LogP contribution >= 0.6 is 0 Å². The number of hydrogen-bond acceptors (Lipinski definition) is 5. The van der Waals surface area contributed by atoms with E-state index in [2.05, 4.69) is 11.2 Å². The number of aryl methyl sites for hydroxylation is 1. The minimum Gasteiger partial charge on any atom is -0.497 e. The molecule has 0 saturated heterocycles. The molecule has 1 aliphatic heterocycles. The van der Waals surface area contributed by atoms with E-state index in [1.807, 2.05) is 61.5 Å². The van der Waals surface area contributed by atoms with Gasteiger partial charge in [0.25, 0.3) is 5.95 Å². The van der Waals surface area contributed by atoms with E-state index in [0.717, 1.165) is 28.3 Å². The molecule has 1 aliphatic rings. The number of benzene rings is 2. The van der Waals surface area contributed by atoms with Crippen molar-refractivity contribution in [3.63, 3.8) is 0 Å². The third kappa shape index (κ3) is 2.70. The minimum absolute atomic E-state index is 0.156. The molecule has 0 saturated carbocycles. The van der Waals surface area contributed by atoms with Crippen LogP contribution in [0.3, 0.4) is 0 Å². The number of rotatable bonds is 3. The van der Waals surface area contributed by atoms with Crippen LogP contribution in [0.15, 0.2) is 66.1 Å². The molecule has 2 heterocycles. The van der Waals surface area contributed by atoms with Crippen LogP contribution in [-0.4, -0.2) is 22.0 Å². The van der Waals surface area contributed by atoms with Crippen molar-refractivity contribution in [2.24, 2.45) is 0 Å². The van der Waals surface area contributed by atoms with Crippen LogP contribution < -0.4 is 9.47 Å². The summed E-state index contributed by atoms with van der Waals surface area (Å²) < 4.78 is 12.5. The normalized spacial score (nSPS) is 15.7. The van der Waals surface area contributed by atoms with E-state index in [1.54, 1.807) is 11.8 Å². The summed E-state index contributed by atoms with van der Waals surface area (Å²) >= 11 is 0. The summed E-state index contributed by atoms with van der Waals surface area (Å²) in [7, 11) is 1.60. The van der Waals surface area contributed by atoms with Gasteiger partial charge in [-0.3, -0.25) is 0 Å². The summed E-state index contributed by atoms with van der Waals surface area (Å²) in [6, 6.07) is 19.0. The first-order valence-corrected chi connectivity index (χ1v) is 8.44. The molecule has 0 bridgehead atoms. The molecule has 3 aromatic rings. The highest BCUT2D eigenvalue weighted by Crippen LogP contribution is 2.45. The SMILES string of the molecule is COc1ccc([C@@H]2C(C#N)=C(O)Oc3c2c(C)nn3-c2ccccc2)cc1. The molecule has 1 N–H and O–H groups in total. The summed E-state index contributed by atoms with van der Waals surface area (Å²) in [4.78, 5) is 0. The second-order valence-corrected chi connectivity index (χ2v) is 6.19. The quantitative estimate of drug-likeness (QED) is 0.764. The van der Waals surface area contributed by atoms with Crippen molar-refractivity contribution in [3.05, 3.63) is 82.9 Å². The summed E-state index contributed by atoms with van der Waals surface area (Å²) in [5, 5.41) is 24.6. The van der Waals surface area contributed by atoms with Gasteiger partial charge < -0.3 is 14.6 Å². The molecule has 6 heteroatoms. The van der Waals surface area contributed by atoms with E-state index in [-0.39, 0.29) is 5.57 Å². The fourth-order valence-electron chi connectivity index (χ4n) is 3.35. The molecule has 0 aliphatic carbocycles. The van der Waals surface area contributed by atoms with Crippen molar-refractivity contribution < 1.29 is 14.6 Å². The molecule has 0 unspecified atom stereocenters. The van der Waals surface area contributed by atoms with E-state index in [1.165, 1.54) is 0 Å². The second kappa shape index (κ2) is 6.54. The smallest absolute Gasteiger partial charge is 0.298 e. The van der Waals surface area contributed by atoms with Gasteiger partial charge >= 0.3 is 0 Å². The van der Waals surface area contributed by atoms with Gasteiger partial charge in [-0.1, -0.05) is 30.3 Å². The molecule has 1 atom stereocenters. The fraction of sp³-hybridized carbons (Fsp3) is 0.143. The highest BCUT2D eigenvalue weighted by molar-refractivity contribution is 5.57. The van der Waals surface area contributed by atoms with Crippen LogP contribution in [-0.2, 0) is 0 Å². The number of fused-ring (bicyclic) bond motifs is 1. The molecular weight excluding hydrogens is 342 g/mol. The number of aliphatic hydroxyl groups is 1. The first-order valence-electron chi connectivity index (χ1n) is 8.44. The average Bonchev–Trinajstić information content (AvgIpc) is 3.03. The monoisotopic (exact) mass is 359 g/mol. The molecule has 6 nitrogen and oxygen atoms in total. The van der Waals surface area contributed by atoms with E-state index in [0.29, 0.717) is 5.88 Å². The maximum Gasteiger partial charge on any atom is 0.298 e. The molecule has 0 amide bonds.